The van der Waals surface area contributed by atoms with Gasteiger partial charge in [-0.1, -0.05) is 98.8 Å². The quantitative estimate of drug-likeness (QED) is 0.190. The molecule has 1 aliphatic carbocycles. The molecule has 11 rings (SSSR count). The summed E-state index contributed by atoms with van der Waals surface area (Å²) in [6.45, 7) is 4.71. The summed E-state index contributed by atoms with van der Waals surface area (Å²) in [5.74, 6) is 0. The van der Waals surface area contributed by atoms with Gasteiger partial charge < -0.3 is 13.6 Å². The van der Waals surface area contributed by atoms with Crippen molar-refractivity contribution in [3.05, 3.63) is 157 Å². The van der Waals surface area contributed by atoms with Crippen LogP contribution in [0.3, 0.4) is 0 Å². The number of fused-ring (bicyclic) bond motifs is 12. The van der Waals surface area contributed by atoms with Gasteiger partial charge in [0.05, 0.1) is 22.1 Å². The number of hydrogen-bond acceptors (Lipinski definition) is 1. The van der Waals surface area contributed by atoms with Crippen molar-refractivity contribution in [2.75, 3.05) is 0 Å². The van der Waals surface area contributed by atoms with E-state index in [-0.39, 0.29) is 5.41 Å². The lowest BCUT2D eigenvalue weighted by molar-refractivity contribution is 0.660. The molecule has 3 heterocycles. The summed E-state index contributed by atoms with van der Waals surface area (Å²) in [6.07, 6.45) is 0. The third kappa shape index (κ3) is 3.28. The van der Waals surface area contributed by atoms with Crippen molar-refractivity contribution in [3.63, 3.8) is 0 Å². The molecular formula is C45H30N2O. The molecule has 0 fully saturated rings. The highest BCUT2D eigenvalue weighted by atomic mass is 16.3. The van der Waals surface area contributed by atoms with Gasteiger partial charge in [0, 0.05) is 55.2 Å². The van der Waals surface area contributed by atoms with Crippen molar-refractivity contribution < 1.29 is 4.42 Å². The smallest absolute Gasteiger partial charge is 0.137 e. The van der Waals surface area contributed by atoms with Gasteiger partial charge in [0.25, 0.3) is 0 Å². The minimum absolute atomic E-state index is 0.0746. The summed E-state index contributed by atoms with van der Waals surface area (Å²) in [5, 5.41) is 7.27. The fraction of sp³-hybridized carbons (Fsp3) is 0.0667. The first-order valence-electron chi connectivity index (χ1n) is 16.7. The Morgan fingerprint density at radius 3 is 1.88 bits per heavy atom. The van der Waals surface area contributed by atoms with Gasteiger partial charge in [-0.3, -0.25) is 0 Å². The third-order valence-corrected chi connectivity index (χ3v) is 10.9. The van der Waals surface area contributed by atoms with Crippen LogP contribution in [0.25, 0.3) is 88.1 Å². The molecule has 3 aromatic heterocycles. The van der Waals surface area contributed by atoms with Gasteiger partial charge in [0.2, 0.25) is 0 Å². The highest BCUT2D eigenvalue weighted by molar-refractivity contribution is 6.22. The van der Waals surface area contributed by atoms with Gasteiger partial charge in [-0.2, -0.15) is 0 Å². The van der Waals surface area contributed by atoms with E-state index in [1.165, 1.54) is 66.0 Å². The summed E-state index contributed by atoms with van der Waals surface area (Å²) >= 11 is 0. The normalized spacial score (nSPS) is 13.8. The molecule has 3 heteroatoms. The second-order valence-corrected chi connectivity index (χ2v) is 13.8. The number of rotatable bonds is 2. The Morgan fingerprint density at radius 1 is 0.396 bits per heavy atom. The zero-order chi connectivity index (χ0) is 31.7. The topological polar surface area (TPSA) is 23.0 Å². The van der Waals surface area contributed by atoms with Crippen molar-refractivity contribution in [1.82, 2.24) is 9.13 Å². The molecule has 0 bridgehead atoms. The van der Waals surface area contributed by atoms with Gasteiger partial charge >= 0.3 is 0 Å². The first kappa shape index (κ1) is 26.1. The molecule has 3 nitrogen and oxygen atoms in total. The standard InChI is InChI=1S/C45H30N2O/c1-45(2)37-17-9-6-14-29(37)30-21-20-28(22-38(30)45)47-39-18-10-7-15-31(39)33-23-34-35-24-36-32-16-8-11-19-43(32)48-44(36)26-42(35)46(41(34)25-40(33)47)27-12-4-3-5-13-27/h3-26H,1-2H3. The van der Waals surface area contributed by atoms with Crippen LogP contribution in [0.5, 0.6) is 0 Å². The molecule has 10 aromatic rings. The summed E-state index contributed by atoms with van der Waals surface area (Å²) in [7, 11) is 0. The Bertz CT molecular complexity index is 2970. The second kappa shape index (κ2) is 9.05. The van der Waals surface area contributed by atoms with E-state index in [4.69, 9.17) is 4.42 Å². The average molecular weight is 615 g/mol. The highest BCUT2D eigenvalue weighted by Gasteiger charge is 2.35. The average Bonchev–Trinajstić information content (AvgIpc) is 3.81. The van der Waals surface area contributed by atoms with E-state index in [1.54, 1.807) is 0 Å². The zero-order valence-electron chi connectivity index (χ0n) is 26.7. The molecule has 0 saturated carbocycles. The molecule has 0 amide bonds. The van der Waals surface area contributed by atoms with Crippen LogP contribution in [0.15, 0.2) is 150 Å². The van der Waals surface area contributed by atoms with Crippen LogP contribution in [0, 0.1) is 0 Å². The highest BCUT2D eigenvalue weighted by Crippen LogP contribution is 2.50. The number of furan rings is 1. The SMILES string of the molecule is CC1(C)c2ccccc2-c2ccc(-n3c4ccccc4c4cc5c6cc7c(cc6n(-c6ccccc6)c5cc43)oc3ccccc37)cc21. The maximum Gasteiger partial charge on any atom is 0.137 e. The van der Waals surface area contributed by atoms with Gasteiger partial charge in [0.1, 0.15) is 11.2 Å². The van der Waals surface area contributed by atoms with Crippen molar-refractivity contribution in [1.29, 1.82) is 0 Å². The van der Waals surface area contributed by atoms with Crippen LogP contribution in [0.1, 0.15) is 25.0 Å². The largest absolute Gasteiger partial charge is 0.456 e. The predicted molar refractivity (Wildman–Crippen MR) is 200 cm³/mol. The first-order chi connectivity index (χ1) is 23.6. The van der Waals surface area contributed by atoms with Gasteiger partial charge in [0.15, 0.2) is 0 Å². The fourth-order valence-electron chi connectivity index (χ4n) is 8.66. The van der Waals surface area contributed by atoms with Crippen LogP contribution < -0.4 is 0 Å². The van der Waals surface area contributed by atoms with E-state index in [0.717, 1.165) is 33.1 Å². The number of benzene rings is 7. The third-order valence-electron chi connectivity index (χ3n) is 10.9. The second-order valence-electron chi connectivity index (χ2n) is 13.8. The zero-order valence-corrected chi connectivity index (χ0v) is 26.7. The molecule has 0 radical (unpaired) electrons. The van der Waals surface area contributed by atoms with E-state index in [1.807, 2.05) is 6.07 Å². The Balaban J connectivity index is 1.26. The van der Waals surface area contributed by atoms with Crippen LogP contribution in [0.4, 0.5) is 0 Å². The predicted octanol–water partition coefficient (Wildman–Crippen LogP) is 12.1. The summed E-state index contributed by atoms with van der Waals surface area (Å²) in [4.78, 5) is 0. The first-order valence-corrected chi connectivity index (χ1v) is 16.7. The minimum Gasteiger partial charge on any atom is -0.456 e. The summed E-state index contributed by atoms with van der Waals surface area (Å²) in [6, 6.07) is 53.2. The Hall–Kier alpha value is -6.06. The van der Waals surface area contributed by atoms with Gasteiger partial charge in [-0.15, -0.1) is 0 Å². The maximum absolute atomic E-state index is 6.40. The molecule has 0 aliphatic heterocycles. The van der Waals surface area contributed by atoms with Crippen LogP contribution in [0.2, 0.25) is 0 Å². The van der Waals surface area contributed by atoms with Crippen molar-refractivity contribution >= 4 is 65.6 Å². The lowest BCUT2D eigenvalue weighted by Gasteiger charge is -2.22. The molecule has 7 aromatic carbocycles. The maximum atomic E-state index is 6.40. The monoisotopic (exact) mass is 614 g/mol. The Kier molecular flexibility index (Phi) is 4.91. The number of aromatic nitrogens is 2. The number of para-hydroxylation sites is 3. The Labute approximate surface area is 276 Å². The number of nitrogens with zero attached hydrogens (tertiary/aromatic N) is 2. The van der Waals surface area contributed by atoms with E-state index in [2.05, 4.69) is 163 Å². The lowest BCUT2D eigenvalue weighted by Crippen LogP contribution is -2.15. The van der Waals surface area contributed by atoms with Crippen molar-refractivity contribution in [3.8, 4) is 22.5 Å². The molecule has 48 heavy (non-hydrogen) atoms. The molecule has 0 unspecified atom stereocenters. The van der Waals surface area contributed by atoms with Crippen molar-refractivity contribution in [2.45, 2.75) is 19.3 Å². The molecule has 0 N–H and O–H groups in total. The lowest BCUT2D eigenvalue weighted by atomic mass is 9.82. The van der Waals surface area contributed by atoms with Crippen LogP contribution in [-0.4, -0.2) is 9.13 Å². The van der Waals surface area contributed by atoms with Crippen LogP contribution >= 0.6 is 0 Å². The molecule has 0 spiro atoms. The molecular weight excluding hydrogens is 585 g/mol. The van der Waals surface area contributed by atoms with E-state index in [0.29, 0.717) is 0 Å². The summed E-state index contributed by atoms with van der Waals surface area (Å²) in [5.41, 5.74) is 14.3. The Morgan fingerprint density at radius 2 is 1.02 bits per heavy atom. The minimum atomic E-state index is -0.0746. The fourth-order valence-corrected chi connectivity index (χ4v) is 8.66. The van der Waals surface area contributed by atoms with Gasteiger partial charge in [-0.05, 0) is 76.9 Å². The number of hydrogen-bond donors (Lipinski definition) is 0. The van der Waals surface area contributed by atoms with Gasteiger partial charge in [-0.25, -0.2) is 0 Å². The molecule has 0 saturated heterocycles. The van der Waals surface area contributed by atoms with Crippen molar-refractivity contribution in [2.24, 2.45) is 0 Å². The molecule has 226 valence electrons. The van der Waals surface area contributed by atoms with E-state index >= 15 is 0 Å². The summed E-state index contributed by atoms with van der Waals surface area (Å²) < 4.78 is 11.3. The van der Waals surface area contributed by atoms with E-state index in [9.17, 15) is 0 Å². The van der Waals surface area contributed by atoms with Crippen LogP contribution in [-0.2, 0) is 5.41 Å². The van der Waals surface area contributed by atoms with E-state index < -0.39 is 0 Å². The molecule has 0 atom stereocenters. The molecule has 1 aliphatic rings.